The molecule has 0 saturated carbocycles. The van der Waals surface area contributed by atoms with Crippen molar-refractivity contribution in [1.82, 2.24) is 0 Å². The minimum absolute atomic E-state index is 0.357. The van der Waals surface area contributed by atoms with Crippen molar-refractivity contribution in [2.45, 2.75) is 0 Å². The van der Waals surface area contributed by atoms with E-state index < -0.39 is 5.97 Å². The minimum atomic E-state index is -0.531. The van der Waals surface area contributed by atoms with Crippen molar-refractivity contribution in [1.29, 1.82) is 0 Å². The second-order valence-corrected chi connectivity index (χ2v) is 4.04. The maximum atomic E-state index is 12.3. The van der Waals surface area contributed by atoms with E-state index in [0.29, 0.717) is 16.7 Å². The van der Waals surface area contributed by atoms with Crippen LogP contribution in [-0.4, -0.2) is 5.97 Å². The number of esters is 1. The molecule has 21 heavy (non-hydrogen) atoms. The summed E-state index contributed by atoms with van der Waals surface area (Å²) in [5, 5.41) is 0. The highest BCUT2D eigenvalue weighted by Gasteiger charge is 2.22. The van der Waals surface area contributed by atoms with Gasteiger partial charge in [0.05, 0.1) is 11.8 Å². The standard InChI is InChI=1S/C19H18O2/c1-7-13-14(8-2)16(10-4)18(19(20)21-12-6)17(11-5)15(13)9-3/h7-12H,1-6H2. The molecule has 2 heteroatoms. The highest BCUT2D eigenvalue weighted by molar-refractivity contribution is 6.02. The van der Waals surface area contributed by atoms with Crippen LogP contribution in [0.4, 0.5) is 0 Å². The molecule has 0 unspecified atom stereocenters. The van der Waals surface area contributed by atoms with E-state index in [0.717, 1.165) is 23.0 Å². The molecule has 0 aliphatic heterocycles. The molecule has 0 spiro atoms. The van der Waals surface area contributed by atoms with Gasteiger partial charge in [0.15, 0.2) is 0 Å². The summed E-state index contributed by atoms with van der Waals surface area (Å²) >= 11 is 0. The molecule has 0 heterocycles. The van der Waals surface area contributed by atoms with Crippen molar-refractivity contribution in [2.24, 2.45) is 0 Å². The molecule has 0 N–H and O–H groups in total. The van der Waals surface area contributed by atoms with Crippen LogP contribution >= 0.6 is 0 Å². The summed E-state index contributed by atoms with van der Waals surface area (Å²) in [5.41, 5.74) is 3.91. The van der Waals surface area contributed by atoms with Gasteiger partial charge < -0.3 is 4.74 Å². The zero-order valence-electron chi connectivity index (χ0n) is 12.0. The first-order chi connectivity index (χ1) is 10.1. The molecule has 0 amide bonds. The Balaban J connectivity index is 4.04. The van der Waals surface area contributed by atoms with Gasteiger partial charge >= 0.3 is 5.97 Å². The monoisotopic (exact) mass is 278 g/mol. The van der Waals surface area contributed by atoms with Crippen LogP contribution in [0.5, 0.6) is 0 Å². The largest absolute Gasteiger partial charge is 0.431 e. The van der Waals surface area contributed by atoms with Crippen LogP contribution in [0.15, 0.2) is 45.7 Å². The molecule has 1 aromatic carbocycles. The lowest BCUT2D eigenvalue weighted by atomic mass is 9.86. The fourth-order valence-corrected chi connectivity index (χ4v) is 2.29. The molecule has 0 saturated heterocycles. The fraction of sp³-hybridized carbons (Fsp3) is 0. The average Bonchev–Trinajstić information content (AvgIpc) is 2.51. The summed E-state index contributed by atoms with van der Waals surface area (Å²) in [6.45, 7) is 22.4. The zero-order valence-corrected chi connectivity index (χ0v) is 12.0. The van der Waals surface area contributed by atoms with Crippen LogP contribution in [0.3, 0.4) is 0 Å². The Labute approximate surface area is 125 Å². The second kappa shape index (κ2) is 7.06. The Bertz CT molecular complexity index is 620. The Morgan fingerprint density at radius 1 is 0.667 bits per heavy atom. The van der Waals surface area contributed by atoms with Crippen molar-refractivity contribution in [3.05, 3.63) is 79.1 Å². The van der Waals surface area contributed by atoms with Gasteiger partial charge in [-0.15, -0.1) is 0 Å². The van der Waals surface area contributed by atoms with Gasteiger partial charge in [0.25, 0.3) is 0 Å². The van der Waals surface area contributed by atoms with E-state index in [2.05, 4.69) is 39.5 Å². The maximum Gasteiger partial charge on any atom is 0.344 e. The number of carbonyl (C=O) groups is 1. The third-order valence-corrected chi connectivity index (χ3v) is 3.11. The van der Waals surface area contributed by atoms with Gasteiger partial charge in [-0.2, -0.15) is 0 Å². The summed E-state index contributed by atoms with van der Waals surface area (Å²) in [4.78, 5) is 12.3. The van der Waals surface area contributed by atoms with Crippen LogP contribution in [0, 0.1) is 0 Å². The normalized spacial score (nSPS) is 9.33. The maximum absolute atomic E-state index is 12.3. The van der Waals surface area contributed by atoms with Crippen molar-refractivity contribution < 1.29 is 9.53 Å². The lowest BCUT2D eigenvalue weighted by molar-refractivity contribution is 0.0663. The van der Waals surface area contributed by atoms with E-state index in [-0.39, 0.29) is 0 Å². The van der Waals surface area contributed by atoms with Gasteiger partial charge in [0.1, 0.15) is 0 Å². The van der Waals surface area contributed by atoms with E-state index in [1.54, 1.807) is 30.4 Å². The SMILES string of the molecule is C=COC(=O)c1c(C=C)c(C=C)c(C=C)c(C=C)c1C=C. The van der Waals surface area contributed by atoms with Crippen molar-refractivity contribution in [2.75, 3.05) is 0 Å². The molecular weight excluding hydrogens is 260 g/mol. The number of hydrogen-bond donors (Lipinski definition) is 0. The Morgan fingerprint density at radius 2 is 1.00 bits per heavy atom. The predicted molar refractivity (Wildman–Crippen MR) is 92.5 cm³/mol. The number of benzene rings is 1. The summed E-state index contributed by atoms with van der Waals surface area (Å²) < 4.78 is 4.92. The van der Waals surface area contributed by atoms with Gasteiger partial charge in [0, 0.05) is 0 Å². The number of hydrogen-bond acceptors (Lipinski definition) is 2. The smallest absolute Gasteiger partial charge is 0.344 e. The molecule has 1 rings (SSSR count). The fourth-order valence-electron chi connectivity index (χ4n) is 2.29. The van der Waals surface area contributed by atoms with Crippen LogP contribution < -0.4 is 0 Å². The molecule has 0 aliphatic rings. The van der Waals surface area contributed by atoms with E-state index in [4.69, 9.17) is 4.74 Å². The van der Waals surface area contributed by atoms with Gasteiger partial charge in [-0.3, -0.25) is 0 Å². The quantitative estimate of drug-likeness (QED) is 0.506. The molecule has 1 aromatic rings. The lowest BCUT2D eigenvalue weighted by Crippen LogP contribution is -2.10. The van der Waals surface area contributed by atoms with Gasteiger partial charge in [-0.1, -0.05) is 69.9 Å². The van der Waals surface area contributed by atoms with Crippen LogP contribution in [-0.2, 0) is 4.74 Å². The van der Waals surface area contributed by atoms with E-state index in [9.17, 15) is 4.79 Å². The van der Waals surface area contributed by atoms with E-state index in [1.807, 2.05) is 0 Å². The summed E-state index contributed by atoms with van der Waals surface area (Å²) in [6.07, 6.45) is 9.26. The number of carbonyl (C=O) groups excluding carboxylic acids is 1. The van der Waals surface area contributed by atoms with Gasteiger partial charge in [0.2, 0.25) is 0 Å². The van der Waals surface area contributed by atoms with Crippen molar-refractivity contribution >= 4 is 36.3 Å². The Hall–Kier alpha value is -2.87. The molecule has 0 bridgehead atoms. The van der Waals surface area contributed by atoms with E-state index >= 15 is 0 Å². The molecule has 0 aromatic heterocycles. The summed E-state index contributed by atoms with van der Waals surface area (Å²) in [5.74, 6) is -0.531. The number of rotatable bonds is 7. The van der Waals surface area contributed by atoms with Crippen LogP contribution in [0.25, 0.3) is 30.4 Å². The average molecular weight is 278 g/mol. The van der Waals surface area contributed by atoms with Gasteiger partial charge in [-0.05, 0) is 27.8 Å². The van der Waals surface area contributed by atoms with Gasteiger partial charge in [-0.25, -0.2) is 4.79 Å². The summed E-state index contributed by atoms with van der Waals surface area (Å²) in [7, 11) is 0. The van der Waals surface area contributed by atoms with E-state index in [1.165, 1.54) is 0 Å². The highest BCUT2D eigenvalue weighted by atomic mass is 16.5. The van der Waals surface area contributed by atoms with Crippen molar-refractivity contribution in [3.8, 4) is 0 Å². The molecule has 0 atom stereocenters. The zero-order chi connectivity index (χ0) is 16.0. The second-order valence-electron chi connectivity index (χ2n) is 4.04. The predicted octanol–water partition coefficient (Wildman–Crippen LogP) is 5.20. The molecular formula is C19H18O2. The first-order valence-electron chi connectivity index (χ1n) is 6.29. The topological polar surface area (TPSA) is 26.3 Å². The van der Waals surface area contributed by atoms with Crippen molar-refractivity contribution in [3.63, 3.8) is 0 Å². The Morgan fingerprint density at radius 3 is 1.29 bits per heavy atom. The molecule has 0 fully saturated rings. The highest BCUT2D eigenvalue weighted by Crippen LogP contribution is 2.33. The third kappa shape index (κ3) is 2.70. The molecule has 0 aliphatic carbocycles. The first kappa shape index (κ1) is 16.2. The number of ether oxygens (including phenoxy) is 1. The minimum Gasteiger partial charge on any atom is -0.431 e. The lowest BCUT2D eigenvalue weighted by Gasteiger charge is -2.18. The molecule has 2 nitrogen and oxygen atoms in total. The Kier molecular flexibility index (Phi) is 5.44. The van der Waals surface area contributed by atoms with Crippen LogP contribution in [0.1, 0.15) is 38.2 Å². The third-order valence-electron chi connectivity index (χ3n) is 3.11. The first-order valence-corrected chi connectivity index (χ1v) is 6.29. The van der Waals surface area contributed by atoms with Crippen LogP contribution in [0.2, 0.25) is 0 Å². The molecule has 106 valence electrons. The molecule has 0 radical (unpaired) electrons. The summed E-state index contributed by atoms with van der Waals surface area (Å²) in [6, 6.07) is 0.